The molecule has 4 aromatic rings. The van der Waals surface area contributed by atoms with Gasteiger partial charge in [-0.3, -0.25) is 9.59 Å². The molecule has 4 aromatic carbocycles. The predicted octanol–water partition coefficient (Wildman–Crippen LogP) is 3.64. The summed E-state index contributed by atoms with van der Waals surface area (Å²) in [5, 5.41) is -0.413. The molecule has 31 nitrogen and oxygen atoms in total. The zero-order valence-corrected chi connectivity index (χ0v) is 59.2. The van der Waals surface area contributed by atoms with E-state index < -0.39 is 105 Å². The summed E-state index contributed by atoms with van der Waals surface area (Å²) < 4.78 is 243. The Labute approximate surface area is 575 Å². The monoisotopic (exact) mass is 1490 g/mol. The van der Waals surface area contributed by atoms with E-state index >= 15 is 0 Å². The minimum atomic E-state index is -5.50. The molecule has 1 fully saturated rings. The number of anilines is 1. The minimum absolute atomic E-state index is 0.00899. The highest BCUT2D eigenvalue weighted by molar-refractivity contribution is 7.87. The van der Waals surface area contributed by atoms with Crippen molar-refractivity contribution in [3.05, 3.63) is 95.2 Å². The van der Waals surface area contributed by atoms with Crippen LogP contribution in [0.3, 0.4) is 0 Å². The third-order valence-electron chi connectivity index (χ3n) is 16.6. The highest BCUT2D eigenvalue weighted by atomic mass is 32.2. The van der Waals surface area contributed by atoms with Crippen LogP contribution in [0, 0.1) is 0 Å². The van der Waals surface area contributed by atoms with Crippen molar-refractivity contribution >= 4 is 107 Å². The fourth-order valence-corrected chi connectivity index (χ4v) is 15.1. The smallest absolute Gasteiger partial charge is 0.333 e. The van der Waals surface area contributed by atoms with Crippen molar-refractivity contribution in [2.75, 3.05) is 144 Å². The summed E-state index contributed by atoms with van der Waals surface area (Å²) in [5.74, 6) is -3.28. The zero-order chi connectivity index (χ0) is 72.6. The van der Waals surface area contributed by atoms with Gasteiger partial charge in [0.25, 0.3) is 11.8 Å². The van der Waals surface area contributed by atoms with Gasteiger partial charge in [0, 0.05) is 92.3 Å². The molecule has 0 spiro atoms. The van der Waals surface area contributed by atoms with Gasteiger partial charge in [-0.05, 0) is 111 Å². The number of nitrogens with zero attached hydrogens (tertiary/aromatic N) is 3. The van der Waals surface area contributed by atoms with Gasteiger partial charge < -0.3 is 75.1 Å². The number of ether oxygens (including phenoxy) is 9. The van der Waals surface area contributed by atoms with Crippen LogP contribution in [0.5, 0.6) is 0 Å². The van der Waals surface area contributed by atoms with Crippen LogP contribution in [0.15, 0.2) is 104 Å². The Morgan fingerprint density at radius 1 is 0.556 bits per heavy atom. The van der Waals surface area contributed by atoms with Crippen LogP contribution in [0.2, 0.25) is 0 Å². The molecule has 2 unspecified atom stereocenters. The van der Waals surface area contributed by atoms with Crippen LogP contribution in [0.1, 0.15) is 76.8 Å². The van der Waals surface area contributed by atoms with Gasteiger partial charge in [0.15, 0.2) is 12.3 Å². The van der Waals surface area contributed by atoms with Crippen LogP contribution >= 0.6 is 0 Å². The largest absolute Gasteiger partial charge is 0.748 e. The lowest BCUT2D eigenvalue weighted by Gasteiger charge is -2.31. The number of hydrogen-bond donors (Lipinski definition) is 0. The maximum Gasteiger partial charge on any atom is 0.333 e. The normalized spacial score (nSPS) is 18.4. The Morgan fingerprint density at radius 2 is 1.02 bits per heavy atom. The van der Waals surface area contributed by atoms with Gasteiger partial charge in [0.2, 0.25) is 5.69 Å². The Balaban J connectivity index is 1.35. The molecule has 0 aliphatic carbocycles. The van der Waals surface area contributed by atoms with E-state index in [1.165, 1.54) is 31.4 Å². The van der Waals surface area contributed by atoms with Crippen molar-refractivity contribution < 1.29 is 131 Å². The van der Waals surface area contributed by atoms with Crippen molar-refractivity contribution in [3.8, 4) is 0 Å². The van der Waals surface area contributed by atoms with Gasteiger partial charge in [-0.15, -0.1) is 5.06 Å². The van der Waals surface area contributed by atoms with E-state index in [4.69, 9.17) is 47.5 Å². The first-order valence-electron chi connectivity index (χ1n) is 31.2. The molecule has 548 valence electrons. The highest BCUT2D eigenvalue weighted by Crippen LogP contribution is 2.54. The van der Waals surface area contributed by atoms with Crippen LogP contribution in [0.25, 0.3) is 21.5 Å². The summed E-state index contributed by atoms with van der Waals surface area (Å²) in [6.07, 6.45) is 5.25. The van der Waals surface area contributed by atoms with E-state index in [9.17, 15) is 79.2 Å². The molecule has 1 saturated heterocycles. The predicted molar refractivity (Wildman–Crippen MR) is 347 cm³/mol. The standard InChI is InChI=1S/C63H83N3O28S5/c1-44(9-15-55-62(2,19-7-39-95(70,71)72)60-49-40-45(96(73,74)75)42-53(98(79,80)81)47(49)12-14-52(60)65(55)22-24-88-30-32-92-37-38-93-36-34-90-28-26-86-5)10-16-56-63(3,20-23-87-29-31-91-35-33-89-27-25-85-4)61-50-41-46(97(76,77)78)43-54(99(82,83)84)48(50)11-13-51(61)64(56)21-6-8-59(69)94-66-57(67)17-18-58(66)68/h9-16,40-43H,6-8,17-39H2,1-5H3,(H4-,70,71,72,73,74,75,76,77,78,79,80,81,82,83,84)/p-4. The second kappa shape index (κ2) is 35.2. The topological polar surface area (TPSA) is 439 Å². The molecular weight excluding hydrogens is 1410 g/mol. The quantitative estimate of drug-likeness (QED) is 0.0201. The fraction of sp³-hybridized carbons (Fsp3) is 0.524. The SMILES string of the molecule is COCCOCCOCCOCCOCC[N+]1=C(/C=C/C(C)=C/C=C2/N(CCCC(=O)ON3C(=O)CCC3=O)c3ccc4c(S(=O)(=O)[O-])cc(S(=O)(=O)[O-])cc4c3C2(C)CCOCCOCCOCCOC)C(C)(CCCS(=O)(=O)[O-])c2c1ccc1c(S(=O)(=O)[O-])cc(S(=O)(=O)[O-])cc21. The first kappa shape index (κ1) is 80.2. The molecule has 3 heterocycles. The summed E-state index contributed by atoms with van der Waals surface area (Å²) in [6, 6.07) is 8.31. The molecular formula is C63H79N3O28S5-4. The number of carbonyl (C=O) groups is 3. The van der Waals surface area contributed by atoms with Crippen LogP contribution in [0.4, 0.5) is 11.4 Å². The minimum Gasteiger partial charge on any atom is -0.748 e. The van der Waals surface area contributed by atoms with E-state index in [2.05, 4.69) is 0 Å². The maximum atomic E-state index is 13.3. The number of allylic oxidation sites excluding steroid dienone is 6. The van der Waals surface area contributed by atoms with Gasteiger partial charge >= 0.3 is 5.97 Å². The molecule has 0 aromatic heterocycles. The Hall–Kier alpha value is -6.11. The molecule has 36 heteroatoms. The summed E-state index contributed by atoms with van der Waals surface area (Å²) >= 11 is 0. The summed E-state index contributed by atoms with van der Waals surface area (Å²) in [5.41, 5.74) is -0.816. The maximum absolute atomic E-state index is 13.3. The van der Waals surface area contributed by atoms with E-state index in [0.29, 0.717) is 79.5 Å². The molecule has 0 bridgehead atoms. The average Bonchev–Trinajstić information content (AvgIpc) is 1.58. The number of hydroxylamine groups is 2. The van der Waals surface area contributed by atoms with E-state index in [1.807, 2.05) is 0 Å². The molecule has 3 aliphatic heterocycles. The van der Waals surface area contributed by atoms with Crippen molar-refractivity contribution in [1.82, 2.24) is 5.06 Å². The molecule has 0 radical (unpaired) electrons. The molecule has 2 amide bonds. The number of carbonyl (C=O) groups excluding carboxylic acids is 3. The molecule has 3 aliphatic rings. The zero-order valence-electron chi connectivity index (χ0n) is 55.1. The van der Waals surface area contributed by atoms with E-state index in [0.717, 1.165) is 12.1 Å². The van der Waals surface area contributed by atoms with Crippen LogP contribution in [-0.4, -0.2) is 237 Å². The number of rotatable bonds is 43. The third-order valence-corrected chi connectivity index (χ3v) is 20.7. The van der Waals surface area contributed by atoms with Crippen molar-refractivity contribution in [2.45, 2.75) is 96.1 Å². The number of benzene rings is 4. The Morgan fingerprint density at radius 3 is 1.49 bits per heavy atom. The highest BCUT2D eigenvalue weighted by Gasteiger charge is 2.49. The molecule has 2 atom stereocenters. The lowest BCUT2D eigenvalue weighted by atomic mass is 9.74. The van der Waals surface area contributed by atoms with Gasteiger partial charge in [0.1, 0.15) is 47.1 Å². The molecule has 7 rings (SSSR count). The third kappa shape index (κ3) is 21.3. The molecule has 0 N–H and O–H groups in total. The summed E-state index contributed by atoms with van der Waals surface area (Å²) in [6.45, 7) is 8.33. The van der Waals surface area contributed by atoms with Crippen molar-refractivity contribution in [3.63, 3.8) is 0 Å². The Bertz CT molecular complexity index is 4310. The van der Waals surface area contributed by atoms with Gasteiger partial charge in [0.05, 0.1) is 128 Å². The second-order valence-corrected chi connectivity index (χ2v) is 30.4. The lowest BCUT2D eigenvalue weighted by Crippen LogP contribution is -2.33. The van der Waals surface area contributed by atoms with Gasteiger partial charge in [-0.25, -0.2) is 46.9 Å². The van der Waals surface area contributed by atoms with Crippen molar-refractivity contribution in [1.29, 1.82) is 0 Å². The number of methoxy groups -OCH3 is 2. The molecule has 0 saturated carbocycles. The average molecular weight is 1490 g/mol. The lowest BCUT2D eigenvalue weighted by molar-refractivity contribution is -0.442. The van der Waals surface area contributed by atoms with Crippen LogP contribution < -0.4 is 4.90 Å². The van der Waals surface area contributed by atoms with Gasteiger partial charge in [-0.1, -0.05) is 23.8 Å². The second-order valence-electron chi connectivity index (χ2n) is 23.5. The van der Waals surface area contributed by atoms with E-state index in [1.54, 1.807) is 61.7 Å². The number of amides is 2. The molecule has 99 heavy (non-hydrogen) atoms. The first-order valence-corrected chi connectivity index (χ1v) is 38.4. The van der Waals surface area contributed by atoms with E-state index in [-0.39, 0.29) is 162 Å². The van der Waals surface area contributed by atoms with Crippen molar-refractivity contribution in [2.24, 2.45) is 0 Å². The number of hydrogen-bond acceptors (Lipinski definition) is 29. The Kier molecular flexibility index (Phi) is 28.5. The number of imide groups is 1. The number of fused-ring (bicyclic) bond motifs is 6. The summed E-state index contributed by atoms with van der Waals surface area (Å²) in [7, 11) is -23.7. The summed E-state index contributed by atoms with van der Waals surface area (Å²) in [4.78, 5) is 40.8. The van der Waals surface area contributed by atoms with Crippen LogP contribution in [-0.2, 0) is 123 Å². The van der Waals surface area contributed by atoms with Gasteiger partial charge in [-0.2, -0.15) is 4.58 Å². The first-order chi connectivity index (χ1) is 46.7. The fourth-order valence-electron chi connectivity index (χ4n) is 12.0.